The van der Waals surface area contributed by atoms with Gasteiger partial charge in [0.25, 0.3) is 0 Å². The van der Waals surface area contributed by atoms with Gasteiger partial charge in [0.1, 0.15) is 0 Å². The van der Waals surface area contributed by atoms with Crippen LogP contribution in [-0.2, 0) is 0 Å². The van der Waals surface area contributed by atoms with Crippen LogP contribution in [0.15, 0.2) is 65.1 Å². The van der Waals surface area contributed by atoms with Crippen molar-refractivity contribution in [3.05, 3.63) is 70.7 Å². The van der Waals surface area contributed by atoms with Gasteiger partial charge in [0.05, 0.1) is 5.56 Å². The lowest BCUT2D eigenvalue weighted by Crippen LogP contribution is -1.98. The van der Waals surface area contributed by atoms with Gasteiger partial charge in [0.2, 0.25) is 0 Å². The Morgan fingerprint density at radius 3 is 2.20 bits per heavy atom. The molecule has 0 radical (unpaired) electrons. The summed E-state index contributed by atoms with van der Waals surface area (Å²) in [5.41, 5.74) is 2.24. The molecule has 98 valence electrons. The number of carboxylic acids is 1. The first-order valence-electron chi connectivity index (χ1n) is 6.18. The average Bonchev–Trinajstić information content (AvgIpc) is 2.46. The molecule has 0 aliphatic heterocycles. The third-order valence-electron chi connectivity index (χ3n) is 3.30. The number of carbonyl (C=O) groups is 1. The van der Waals surface area contributed by atoms with Crippen molar-refractivity contribution in [3.63, 3.8) is 0 Å². The van der Waals surface area contributed by atoms with Crippen LogP contribution in [0.2, 0.25) is 0 Å². The molecule has 0 aliphatic carbocycles. The summed E-state index contributed by atoms with van der Waals surface area (Å²) in [6.45, 7) is 0. The highest BCUT2D eigenvalue weighted by Gasteiger charge is 2.13. The van der Waals surface area contributed by atoms with Gasteiger partial charge in [-0.15, -0.1) is 0 Å². The Labute approximate surface area is 124 Å². The minimum Gasteiger partial charge on any atom is -0.478 e. The topological polar surface area (TPSA) is 37.3 Å². The van der Waals surface area contributed by atoms with E-state index < -0.39 is 5.97 Å². The van der Waals surface area contributed by atoms with Crippen molar-refractivity contribution in [3.8, 4) is 11.1 Å². The molecule has 3 heteroatoms. The number of aromatic carboxylic acids is 1. The molecule has 0 unspecified atom stereocenters. The van der Waals surface area contributed by atoms with Crippen molar-refractivity contribution in [2.75, 3.05) is 0 Å². The van der Waals surface area contributed by atoms with Gasteiger partial charge in [-0.1, -0.05) is 64.5 Å². The zero-order valence-corrected chi connectivity index (χ0v) is 12.1. The highest BCUT2D eigenvalue weighted by Crippen LogP contribution is 2.35. The summed E-state index contributed by atoms with van der Waals surface area (Å²) in [7, 11) is 0. The van der Waals surface area contributed by atoms with Gasteiger partial charge in [0.15, 0.2) is 0 Å². The van der Waals surface area contributed by atoms with Gasteiger partial charge in [0, 0.05) is 9.86 Å². The van der Waals surface area contributed by atoms with Crippen LogP contribution in [0.4, 0.5) is 0 Å². The molecule has 0 aromatic heterocycles. The van der Waals surface area contributed by atoms with Gasteiger partial charge in [-0.25, -0.2) is 4.79 Å². The Bertz CT molecular complexity index is 804. The predicted octanol–water partition coefficient (Wildman–Crippen LogP) is 4.97. The number of benzene rings is 3. The van der Waals surface area contributed by atoms with Gasteiger partial charge >= 0.3 is 5.97 Å². The van der Waals surface area contributed by atoms with E-state index in [2.05, 4.69) is 15.9 Å². The van der Waals surface area contributed by atoms with Crippen molar-refractivity contribution in [1.29, 1.82) is 0 Å². The molecule has 3 rings (SSSR count). The van der Waals surface area contributed by atoms with Crippen LogP contribution in [0.3, 0.4) is 0 Å². The van der Waals surface area contributed by atoms with E-state index in [0.717, 1.165) is 26.4 Å². The molecule has 0 aliphatic rings. The van der Waals surface area contributed by atoms with E-state index in [4.69, 9.17) is 0 Å². The summed E-state index contributed by atoms with van der Waals surface area (Å²) in [4.78, 5) is 11.5. The second-order valence-corrected chi connectivity index (χ2v) is 5.35. The number of hydrogen-bond acceptors (Lipinski definition) is 1. The van der Waals surface area contributed by atoms with E-state index in [0.29, 0.717) is 5.56 Å². The molecular formula is C17H11BrO2. The molecular weight excluding hydrogens is 316 g/mol. The van der Waals surface area contributed by atoms with Gasteiger partial charge < -0.3 is 5.11 Å². The van der Waals surface area contributed by atoms with E-state index in [1.807, 2.05) is 48.5 Å². The second kappa shape index (κ2) is 5.10. The van der Waals surface area contributed by atoms with Crippen LogP contribution in [0.5, 0.6) is 0 Å². The van der Waals surface area contributed by atoms with E-state index in [1.54, 1.807) is 12.1 Å². The van der Waals surface area contributed by atoms with Crippen LogP contribution >= 0.6 is 15.9 Å². The van der Waals surface area contributed by atoms with Gasteiger partial charge in [-0.3, -0.25) is 0 Å². The van der Waals surface area contributed by atoms with Crippen LogP contribution in [0, 0.1) is 0 Å². The number of rotatable bonds is 2. The lowest BCUT2D eigenvalue weighted by molar-refractivity contribution is 0.0699. The molecule has 0 atom stereocenters. The summed E-state index contributed by atoms with van der Waals surface area (Å²) >= 11 is 3.53. The highest BCUT2D eigenvalue weighted by molar-refractivity contribution is 9.10. The number of hydrogen-bond donors (Lipinski definition) is 1. The first-order chi connectivity index (χ1) is 9.68. The van der Waals surface area contributed by atoms with Crippen LogP contribution in [-0.4, -0.2) is 11.1 Å². The summed E-state index contributed by atoms with van der Waals surface area (Å²) in [5, 5.41) is 11.1. The summed E-state index contributed by atoms with van der Waals surface area (Å²) in [6.07, 6.45) is 0. The van der Waals surface area contributed by atoms with Crippen molar-refractivity contribution in [2.24, 2.45) is 0 Å². The minimum absolute atomic E-state index is 0.328. The largest absolute Gasteiger partial charge is 0.478 e. The van der Waals surface area contributed by atoms with Crippen LogP contribution in [0.1, 0.15) is 10.4 Å². The monoisotopic (exact) mass is 326 g/mol. The third-order valence-corrected chi connectivity index (χ3v) is 3.99. The van der Waals surface area contributed by atoms with Gasteiger partial charge in [-0.2, -0.15) is 0 Å². The lowest BCUT2D eigenvalue weighted by atomic mass is 9.95. The standard InChI is InChI=1S/C17H11BrO2/c18-15-10-2-1-7-12(15)13-8-3-5-11-6-4-9-14(16(11)13)17(19)20/h1-10H,(H,19,20). The average molecular weight is 327 g/mol. The first-order valence-corrected chi connectivity index (χ1v) is 6.98. The molecule has 0 saturated heterocycles. The molecule has 1 N–H and O–H groups in total. The quantitative estimate of drug-likeness (QED) is 0.722. The van der Waals surface area contributed by atoms with Crippen molar-refractivity contribution in [2.45, 2.75) is 0 Å². The molecule has 3 aromatic carbocycles. The molecule has 3 aromatic rings. The summed E-state index contributed by atoms with van der Waals surface area (Å²) in [6, 6.07) is 19.0. The number of fused-ring (bicyclic) bond motifs is 1. The van der Waals surface area contributed by atoms with Crippen molar-refractivity contribution < 1.29 is 9.90 Å². The fourth-order valence-electron chi connectivity index (χ4n) is 2.42. The Balaban J connectivity index is 2.43. The van der Waals surface area contributed by atoms with Crippen LogP contribution < -0.4 is 0 Å². The molecule has 0 bridgehead atoms. The molecule has 20 heavy (non-hydrogen) atoms. The summed E-state index contributed by atoms with van der Waals surface area (Å²) in [5.74, 6) is -0.907. The first kappa shape index (κ1) is 12.9. The van der Waals surface area contributed by atoms with E-state index in [1.165, 1.54) is 0 Å². The lowest BCUT2D eigenvalue weighted by Gasteiger charge is -2.11. The summed E-state index contributed by atoms with van der Waals surface area (Å²) < 4.78 is 0.952. The highest BCUT2D eigenvalue weighted by atomic mass is 79.9. The van der Waals surface area contributed by atoms with Crippen molar-refractivity contribution in [1.82, 2.24) is 0 Å². The number of halogens is 1. The minimum atomic E-state index is -0.907. The van der Waals surface area contributed by atoms with E-state index in [-0.39, 0.29) is 0 Å². The van der Waals surface area contributed by atoms with Gasteiger partial charge in [-0.05, 0) is 28.6 Å². The Morgan fingerprint density at radius 1 is 0.850 bits per heavy atom. The van der Waals surface area contributed by atoms with E-state index in [9.17, 15) is 9.90 Å². The Morgan fingerprint density at radius 2 is 1.50 bits per heavy atom. The molecule has 2 nitrogen and oxygen atoms in total. The smallest absolute Gasteiger partial charge is 0.336 e. The molecule has 0 heterocycles. The van der Waals surface area contributed by atoms with E-state index >= 15 is 0 Å². The van der Waals surface area contributed by atoms with Crippen molar-refractivity contribution >= 4 is 32.7 Å². The molecule has 0 amide bonds. The Kier molecular flexibility index (Phi) is 3.28. The third kappa shape index (κ3) is 2.10. The molecule has 0 saturated carbocycles. The SMILES string of the molecule is O=C(O)c1cccc2cccc(-c3ccccc3Br)c12. The zero-order valence-electron chi connectivity index (χ0n) is 10.5. The predicted molar refractivity (Wildman–Crippen MR) is 84.0 cm³/mol. The maximum absolute atomic E-state index is 11.5. The number of carboxylic acid groups (broad SMARTS) is 1. The Hall–Kier alpha value is -2.13. The van der Waals surface area contributed by atoms with Crippen LogP contribution in [0.25, 0.3) is 21.9 Å². The normalized spacial score (nSPS) is 10.7. The zero-order chi connectivity index (χ0) is 14.1. The maximum atomic E-state index is 11.5. The molecule has 0 spiro atoms. The maximum Gasteiger partial charge on any atom is 0.336 e. The fraction of sp³-hybridized carbons (Fsp3) is 0. The molecule has 0 fully saturated rings. The second-order valence-electron chi connectivity index (χ2n) is 4.49. The fourth-order valence-corrected chi connectivity index (χ4v) is 2.92.